The number of pyridine rings is 1. The summed E-state index contributed by atoms with van der Waals surface area (Å²) < 4.78 is 2.92. The van der Waals surface area contributed by atoms with E-state index < -0.39 is 0 Å². The molecule has 8 nitrogen and oxygen atoms in total. The molecule has 1 saturated heterocycles. The maximum absolute atomic E-state index is 12.9. The van der Waals surface area contributed by atoms with Crippen molar-refractivity contribution in [3.8, 4) is 0 Å². The van der Waals surface area contributed by atoms with E-state index in [0.717, 1.165) is 17.5 Å². The predicted octanol–water partition coefficient (Wildman–Crippen LogP) is 3.35. The Kier molecular flexibility index (Phi) is 6.93. The molecule has 0 unspecified atom stereocenters. The molecule has 0 atom stereocenters. The number of rotatable bonds is 7. The number of benzene rings is 2. The summed E-state index contributed by atoms with van der Waals surface area (Å²) in [7, 11) is 0. The van der Waals surface area contributed by atoms with Crippen molar-refractivity contribution in [3.05, 3.63) is 101 Å². The quantitative estimate of drug-likeness (QED) is 0.437. The number of carbonyl (C=O) groups excluding carboxylic acids is 2. The molecule has 2 amide bonds. The number of hydrogen-bond acceptors (Lipinski definition) is 4. The summed E-state index contributed by atoms with van der Waals surface area (Å²) in [5.41, 5.74) is 3.11. The van der Waals surface area contributed by atoms with Crippen LogP contribution in [0.5, 0.6) is 0 Å². The van der Waals surface area contributed by atoms with Crippen LogP contribution in [0.4, 0.5) is 5.69 Å². The zero-order chi connectivity index (χ0) is 24.9. The summed E-state index contributed by atoms with van der Waals surface area (Å²) >= 11 is 0. The number of fused-ring (bicyclic) bond motifs is 1. The van der Waals surface area contributed by atoms with E-state index in [1.807, 2.05) is 65.6 Å². The summed E-state index contributed by atoms with van der Waals surface area (Å²) in [6, 6.07) is 22.9. The van der Waals surface area contributed by atoms with Crippen molar-refractivity contribution in [1.29, 1.82) is 0 Å². The van der Waals surface area contributed by atoms with E-state index in [9.17, 15) is 14.4 Å². The van der Waals surface area contributed by atoms with Crippen LogP contribution in [0.25, 0.3) is 5.65 Å². The van der Waals surface area contributed by atoms with Gasteiger partial charge in [-0.2, -0.15) is 0 Å². The Morgan fingerprint density at radius 1 is 0.917 bits per heavy atom. The van der Waals surface area contributed by atoms with Gasteiger partial charge >= 0.3 is 5.69 Å². The fourth-order valence-electron chi connectivity index (χ4n) is 4.68. The van der Waals surface area contributed by atoms with E-state index in [4.69, 9.17) is 0 Å². The number of carbonyl (C=O) groups is 2. The number of aromatic nitrogens is 3. The largest absolute Gasteiger partial charge is 0.350 e. The zero-order valence-electron chi connectivity index (χ0n) is 20.0. The lowest BCUT2D eigenvalue weighted by molar-refractivity contribution is -0.134. The van der Waals surface area contributed by atoms with E-state index in [0.29, 0.717) is 50.2 Å². The topological polar surface area (TPSA) is 88.7 Å². The Balaban J connectivity index is 1.14. The molecule has 0 radical (unpaired) electrons. The second-order valence-electron chi connectivity index (χ2n) is 9.20. The summed E-state index contributed by atoms with van der Waals surface area (Å²) in [4.78, 5) is 39.9. The Bertz CT molecular complexity index is 1420. The first-order valence-corrected chi connectivity index (χ1v) is 12.3. The average Bonchev–Trinajstić information content (AvgIpc) is 3.23. The van der Waals surface area contributed by atoms with Crippen LogP contribution in [0.3, 0.4) is 0 Å². The van der Waals surface area contributed by atoms with Crippen LogP contribution < -0.4 is 11.0 Å². The van der Waals surface area contributed by atoms with Crippen molar-refractivity contribution in [2.45, 2.75) is 32.2 Å². The molecule has 8 heteroatoms. The Morgan fingerprint density at radius 2 is 1.67 bits per heavy atom. The molecule has 4 aromatic rings. The molecule has 1 fully saturated rings. The minimum Gasteiger partial charge on any atom is -0.343 e. The number of aryl methyl sites for hydroxylation is 1. The van der Waals surface area contributed by atoms with E-state index in [2.05, 4.69) is 10.4 Å². The molecule has 0 aliphatic carbocycles. The Morgan fingerprint density at radius 3 is 2.44 bits per heavy atom. The van der Waals surface area contributed by atoms with Gasteiger partial charge in [0.25, 0.3) is 0 Å². The van der Waals surface area contributed by atoms with Gasteiger partial charge in [-0.15, -0.1) is 5.10 Å². The molecule has 5 rings (SSSR count). The third-order valence-electron chi connectivity index (χ3n) is 6.70. The first kappa shape index (κ1) is 23.5. The third kappa shape index (κ3) is 5.38. The highest BCUT2D eigenvalue weighted by Crippen LogP contribution is 2.21. The van der Waals surface area contributed by atoms with Gasteiger partial charge in [0.1, 0.15) is 0 Å². The SMILES string of the molecule is O=C(Nc1cccc(Cn2nc3ccccn3c2=O)c1)C1CCN(C(=O)CCc2ccccc2)CC1. The molecule has 0 bridgehead atoms. The van der Waals surface area contributed by atoms with Crippen molar-refractivity contribution in [3.63, 3.8) is 0 Å². The predicted molar refractivity (Wildman–Crippen MR) is 138 cm³/mol. The normalized spacial score (nSPS) is 14.2. The van der Waals surface area contributed by atoms with Gasteiger partial charge in [-0.05, 0) is 54.7 Å². The van der Waals surface area contributed by atoms with Gasteiger partial charge in [-0.1, -0.05) is 48.5 Å². The fraction of sp³-hybridized carbons (Fsp3) is 0.286. The standard InChI is InChI=1S/C28H29N5O3/c34-26(13-12-21-7-2-1-3-8-21)31-17-14-23(15-18-31)27(35)29-24-10-6-9-22(19-24)20-33-28(36)32-16-5-4-11-25(32)30-33/h1-11,16,19,23H,12-15,17-18,20H2,(H,29,35). The maximum atomic E-state index is 12.9. The van der Waals surface area contributed by atoms with Crippen LogP contribution >= 0.6 is 0 Å². The molecule has 1 aliphatic rings. The number of hydrogen-bond donors (Lipinski definition) is 1. The molecule has 1 N–H and O–H groups in total. The van der Waals surface area contributed by atoms with Crippen molar-refractivity contribution >= 4 is 23.1 Å². The summed E-state index contributed by atoms with van der Waals surface area (Å²) in [6.07, 6.45) is 4.22. The summed E-state index contributed by atoms with van der Waals surface area (Å²) in [5, 5.41) is 7.39. The number of anilines is 1. The van der Waals surface area contributed by atoms with E-state index in [-0.39, 0.29) is 23.4 Å². The minimum atomic E-state index is -0.204. The molecule has 36 heavy (non-hydrogen) atoms. The molecular formula is C28H29N5O3. The molecule has 0 spiro atoms. The highest BCUT2D eigenvalue weighted by Gasteiger charge is 2.27. The smallest absolute Gasteiger partial charge is 0.343 e. The molecule has 2 aromatic heterocycles. The van der Waals surface area contributed by atoms with Gasteiger partial charge in [0.15, 0.2) is 5.65 Å². The van der Waals surface area contributed by atoms with Gasteiger partial charge in [0.2, 0.25) is 11.8 Å². The zero-order valence-corrected chi connectivity index (χ0v) is 20.0. The van der Waals surface area contributed by atoms with Gasteiger partial charge in [0, 0.05) is 37.3 Å². The number of nitrogens with zero attached hydrogens (tertiary/aromatic N) is 4. The number of piperidine rings is 1. The Labute approximate surface area is 209 Å². The van der Waals surface area contributed by atoms with Crippen molar-refractivity contribution < 1.29 is 9.59 Å². The van der Waals surface area contributed by atoms with Crippen molar-refractivity contribution in [1.82, 2.24) is 19.1 Å². The highest BCUT2D eigenvalue weighted by molar-refractivity contribution is 5.92. The van der Waals surface area contributed by atoms with Crippen molar-refractivity contribution in [2.24, 2.45) is 5.92 Å². The van der Waals surface area contributed by atoms with Gasteiger partial charge in [0.05, 0.1) is 6.54 Å². The van der Waals surface area contributed by atoms with Gasteiger partial charge in [-0.3, -0.25) is 14.0 Å². The van der Waals surface area contributed by atoms with Crippen LogP contribution in [0.2, 0.25) is 0 Å². The summed E-state index contributed by atoms with van der Waals surface area (Å²) in [5.74, 6) is -0.0195. The van der Waals surface area contributed by atoms with Gasteiger partial charge in [-0.25, -0.2) is 9.48 Å². The fourth-order valence-corrected chi connectivity index (χ4v) is 4.68. The van der Waals surface area contributed by atoms with Crippen molar-refractivity contribution in [2.75, 3.05) is 18.4 Å². The summed E-state index contributed by atoms with van der Waals surface area (Å²) in [6.45, 7) is 1.51. The van der Waals surface area contributed by atoms with Crippen LogP contribution in [-0.4, -0.2) is 44.0 Å². The lowest BCUT2D eigenvalue weighted by Crippen LogP contribution is -2.41. The molecule has 3 heterocycles. The maximum Gasteiger partial charge on any atom is 0.350 e. The molecule has 184 valence electrons. The second-order valence-corrected chi connectivity index (χ2v) is 9.20. The lowest BCUT2D eigenvalue weighted by Gasteiger charge is -2.31. The molecule has 2 aromatic carbocycles. The van der Waals surface area contributed by atoms with E-state index in [1.54, 1.807) is 18.3 Å². The van der Waals surface area contributed by atoms with Gasteiger partial charge < -0.3 is 10.2 Å². The second kappa shape index (κ2) is 10.6. The minimum absolute atomic E-state index is 0.0339. The lowest BCUT2D eigenvalue weighted by atomic mass is 9.95. The average molecular weight is 484 g/mol. The first-order chi connectivity index (χ1) is 17.6. The first-order valence-electron chi connectivity index (χ1n) is 12.3. The van der Waals surface area contributed by atoms with E-state index >= 15 is 0 Å². The third-order valence-corrected chi connectivity index (χ3v) is 6.70. The number of nitrogens with one attached hydrogen (secondary N) is 1. The van der Waals surface area contributed by atoms with Crippen LogP contribution in [0.15, 0.2) is 83.8 Å². The van der Waals surface area contributed by atoms with E-state index in [1.165, 1.54) is 9.08 Å². The monoisotopic (exact) mass is 483 g/mol. The highest BCUT2D eigenvalue weighted by atomic mass is 16.2. The Hall–Kier alpha value is -4.20. The number of amides is 2. The molecule has 1 aliphatic heterocycles. The number of likely N-dealkylation sites (tertiary alicyclic amines) is 1. The molecular weight excluding hydrogens is 454 g/mol. The van der Waals surface area contributed by atoms with Crippen LogP contribution in [0, 0.1) is 5.92 Å². The van der Waals surface area contributed by atoms with Crippen LogP contribution in [0.1, 0.15) is 30.4 Å². The van der Waals surface area contributed by atoms with Crippen LogP contribution in [-0.2, 0) is 22.6 Å². The molecule has 0 saturated carbocycles.